The van der Waals surface area contributed by atoms with Crippen molar-refractivity contribution in [1.29, 1.82) is 0 Å². The highest BCUT2D eigenvalue weighted by Crippen LogP contribution is 2.19. The molecule has 0 spiro atoms. The van der Waals surface area contributed by atoms with Crippen molar-refractivity contribution in [2.45, 2.75) is 13.0 Å². The first-order valence-electron chi connectivity index (χ1n) is 5.32. The molecule has 2 nitrogen and oxygen atoms in total. The number of carbonyl (C=O) groups excluding carboxylic acids is 1. The van der Waals surface area contributed by atoms with Gasteiger partial charge in [-0.2, -0.15) is 0 Å². The van der Waals surface area contributed by atoms with Crippen molar-refractivity contribution >= 4 is 11.6 Å². The van der Waals surface area contributed by atoms with Crippen LogP contribution in [0.5, 0.6) is 0 Å². The molecule has 0 unspecified atom stereocenters. The van der Waals surface area contributed by atoms with Gasteiger partial charge in [0.2, 0.25) is 5.91 Å². The Hall–Kier alpha value is -1.96. The Balaban J connectivity index is 2.31. The van der Waals surface area contributed by atoms with Gasteiger partial charge in [0.05, 0.1) is 0 Å². The van der Waals surface area contributed by atoms with E-state index in [0.717, 1.165) is 5.69 Å². The maximum absolute atomic E-state index is 11.7. The van der Waals surface area contributed by atoms with Gasteiger partial charge in [-0.25, -0.2) is 0 Å². The normalized spacial score (nSPS) is 14.6. The topological polar surface area (TPSA) is 20.3 Å². The molecule has 0 saturated heterocycles. The lowest BCUT2D eigenvalue weighted by Crippen LogP contribution is -2.37. The van der Waals surface area contributed by atoms with E-state index in [1.54, 1.807) is 11.8 Å². The van der Waals surface area contributed by atoms with E-state index in [-0.39, 0.29) is 11.9 Å². The molecule has 2 rings (SSSR count). The third-order valence-corrected chi connectivity index (χ3v) is 2.51. The molecule has 0 aromatic heterocycles. The molecule has 16 heavy (non-hydrogen) atoms. The molecule has 1 aromatic carbocycles. The summed E-state index contributed by atoms with van der Waals surface area (Å²) in [6, 6.07) is 9.73. The number of nitrogens with zero attached hydrogens (tertiary/aromatic N) is 1. The van der Waals surface area contributed by atoms with Crippen LogP contribution in [0.2, 0.25) is 0 Å². The molecule has 0 radical (unpaired) electrons. The first-order valence-corrected chi connectivity index (χ1v) is 5.32. The second-order valence-electron chi connectivity index (χ2n) is 3.68. The average Bonchev–Trinajstić information content (AvgIpc) is 2.31. The van der Waals surface area contributed by atoms with E-state index in [4.69, 9.17) is 0 Å². The van der Waals surface area contributed by atoms with Crippen LogP contribution in [0.25, 0.3) is 0 Å². The van der Waals surface area contributed by atoms with E-state index < -0.39 is 0 Å². The Morgan fingerprint density at radius 3 is 2.38 bits per heavy atom. The zero-order valence-electron chi connectivity index (χ0n) is 9.21. The van der Waals surface area contributed by atoms with Crippen LogP contribution in [0.15, 0.2) is 54.6 Å². The molecule has 0 bridgehead atoms. The number of allylic oxidation sites excluding steroid dienone is 2. The molecule has 0 aliphatic heterocycles. The average molecular weight is 212 g/mol. The Kier molecular flexibility index (Phi) is 3.10. The number of anilines is 1. The van der Waals surface area contributed by atoms with Crippen molar-refractivity contribution < 1.29 is 4.79 Å². The number of rotatable bonds is 2. The van der Waals surface area contributed by atoms with Crippen LogP contribution < -0.4 is 4.90 Å². The summed E-state index contributed by atoms with van der Waals surface area (Å²) >= 11 is 0. The number of hydrogen-bond donors (Lipinski definition) is 0. The smallest absolute Gasteiger partial charge is 0.226 e. The van der Waals surface area contributed by atoms with Crippen LogP contribution in [0, 0.1) is 6.42 Å². The number of hydrogen-bond acceptors (Lipinski definition) is 1. The number of carbonyl (C=O) groups is 1. The fourth-order valence-corrected chi connectivity index (χ4v) is 1.81. The van der Waals surface area contributed by atoms with Gasteiger partial charge in [0, 0.05) is 43.3 Å². The summed E-state index contributed by atoms with van der Waals surface area (Å²) in [6.45, 7) is 1.59. The molecule has 1 aromatic rings. The summed E-state index contributed by atoms with van der Waals surface area (Å²) in [6.07, 6.45) is 9.90. The predicted octanol–water partition coefficient (Wildman–Crippen LogP) is 2.74. The number of amides is 1. The fourth-order valence-electron chi connectivity index (χ4n) is 1.81. The summed E-state index contributed by atoms with van der Waals surface area (Å²) in [7, 11) is 0. The van der Waals surface area contributed by atoms with Crippen LogP contribution in [0.4, 0.5) is 5.69 Å². The molecule has 0 fully saturated rings. The van der Waals surface area contributed by atoms with Crippen LogP contribution in [-0.4, -0.2) is 11.9 Å². The van der Waals surface area contributed by atoms with Crippen molar-refractivity contribution in [2.24, 2.45) is 0 Å². The van der Waals surface area contributed by atoms with E-state index in [1.807, 2.05) is 61.1 Å². The summed E-state index contributed by atoms with van der Waals surface area (Å²) in [5, 5.41) is 0. The molecule has 0 atom stereocenters. The summed E-state index contributed by atoms with van der Waals surface area (Å²) in [5.74, 6) is 0.0485. The molecule has 1 aliphatic rings. The molecule has 0 saturated carbocycles. The van der Waals surface area contributed by atoms with Crippen LogP contribution in [0.3, 0.4) is 0 Å². The highest BCUT2D eigenvalue weighted by Gasteiger charge is 2.23. The first kappa shape index (κ1) is 10.6. The maximum Gasteiger partial charge on any atom is 0.226 e. The van der Waals surface area contributed by atoms with Gasteiger partial charge < -0.3 is 0 Å². The second-order valence-corrected chi connectivity index (χ2v) is 3.68. The minimum Gasteiger partial charge on any atom is -0.280 e. The maximum atomic E-state index is 11.7. The van der Waals surface area contributed by atoms with Gasteiger partial charge in [-0.3, -0.25) is 9.69 Å². The number of benzene rings is 1. The van der Waals surface area contributed by atoms with E-state index in [2.05, 4.69) is 0 Å². The van der Waals surface area contributed by atoms with Crippen molar-refractivity contribution in [2.75, 3.05) is 4.90 Å². The lowest BCUT2D eigenvalue weighted by molar-refractivity contribution is -0.116. The third kappa shape index (κ3) is 2.16. The molecular formula is C14H14NO+. The highest BCUT2D eigenvalue weighted by molar-refractivity contribution is 5.93. The van der Waals surface area contributed by atoms with Crippen molar-refractivity contribution in [3.05, 3.63) is 61.1 Å². The lowest BCUT2D eigenvalue weighted by Gasteiger charge is -2.24. The molecule has 2 heteroatoms. The third-order valence-electron chi connectivity index (χ3n) is 2.51. The largest absolute Gasteiger partial charge is 0.280 e. The van der Waals surface area contributed by atoms with Crippen molar-refractivity contribution in [1.82, 2.24) is 0 Å². The SMILES string of the molecule is CC(=O)N(c1ccccc1)C1C=C[CH+]C=C1. The molecular weight excluding hydrogens is 198 g/mol. The van der Waals surface area contributed by atoms with Gasteiger partial charge in [0.15, 0.2) is 6.04 Å². The molecule has 0 N–H and O–H groups in total. The summed E-state index contributed by atoms with van der Waals surface area (Å²) < 4.78 is 0. The molecule has 80 valence electrons. The van der Waals surface area contributed by atoms with Crippen molar-refractivity contribution in [3.8, 4) is 0 Å². The van der Waals surface area contributed by atoms with Gasteiger partial charge in [0.25, 0.3) is 0 Å². The first-order chi connectivity index (χ1) is 7.79. The van der Waals surface area contributed by atoms with Crippen LogP contribution >= 0.6 is 0 Å². The predicted molar refractivity (Wildman–Crippen MR) is 66.0 cm³/mol. The Bertz CT molecular complexity index is 408. The Morgan fingerprint density at radius 2 is 1.81 bits per heavy atom. The van der Waals surface area contributed by atoms with E-state index in [1.165, 1.54) is 0 Å². The Labute approximate surface area is 95.9 Å². The number of para-hydroxylation sites is 1. The van der Waals surface area contributed by atoms with Crippen LogP contribution in [0.1, 0.15) is 6.92 Å². The quantitative estimate of drug-likeness (QED) is 0.690. The highest BCUT2D eigenvalue weighted by atomic mass is 16.2. The zero-order chi connectivity index (χ0) is 11.4. The van der Waals surface area contributed by atoms with E-state index >= 15 is 0 Å². The molecule has 0 heterocycles. The fraction of sp³-hybridized carbons (Fsp3) is 0.143. The van der Waals surface area contributed by atoms with E-state index in [9.17, 15) is 4.79 Å². The summed E-state index contributed by atoms with van der Waals surface area (Å²) in [4.78, 5) is 13.5. The molecule has 1 aliphatic carbocycles. The zero-order valence-corrected chi connectivity index (χ0v) is 9.21. The summed E-state index contributed by atoms with van der Waals surface area (Å²) in [5.41, 5.74) is 0.927. The van der Waals surface area contributed by atoms with Gasteiger partial charge in [-0.05, 0) is 12.1 Å². The minimum atomic E-state index is 0.0184. The standard InChI is InChI=1S/C14H14NO/c1-12(16)15(13-8-4-2-5-9-13)14-10-6-3-7-11-14/h2-11,13H,1H3/q+1. The molecule has 1 amide bonds. The van der Waals surface area contributed by atoms with Gasteiger partial charge in [-0.15, -0.1) is 0 Å². The van der Waals surface area contributed by atoms with Crippen LogP contribution in [-0.2, 0) is 4.79 Å². The minimum absolute atomic E-state index is 0.0184. The van der Waals surface area contributed by atoms with Gasteiger partial charge in [-0.1, -0.05) is 18.2 Å². The van der Waals surface area contributed by atoms with Crippen molar-refractivity contribution in [3.63, 3.8) is 0 Å². The van der Waals surface area contributed by atoms with Gasteiger partial charge in [0.1, 0.15) is 0 Å². The van der Waals surface area contributed by atoms with Gasteiger partial charge >= 0.3 is 0 Å². The lowest BCUT2D eigenvalue weighted by atomic mass is 10.1. The monoisotopic (exact) mass is 212 g/mol. The Morgan fingerprint density at radius 1 is 1.19 bits per heavy atom. The second kappa shape index (κ2) is 4.71. The van der Waals surface area contributed by atoms with E-state index in [0.29, 0.717) is 0 Å².